The van der Waals surface area contributed by atoms with Gasteiger partial charge in [-0.3, -0.25) is 0 Å². The molecule has 3 aromatic rings. The van der Waals surface area contributed by atoms with Crippen LogP contribution in [0.2, 0.25) is 0 Å². The molecular formula is C24H23S2+. The molecule has 2 heteroatoms. The Morgan fingerprint density at radius 1 is 0.692 bits per heavy atom. The minimum atomic E-state index is -0.0786. The fraction of sp³-hybridized carbons (Fsp3) is 0.0833. The average Bonchev–Trinajstić information content (AvgIpc) is 2.70. The van der Waals surface area contributed by atoms with E-state index in [0.717, 1.165) is 0 Å². The summed E-state index contributed by atoms with van der Waals surface area (Å²) in [5.41, 5.74) is 0. The molecule has 0 N–H and O–H groups in total. The Hall–Kier alpha value is -2.16. The Kier molecular flexibility index (Phi) is 6.82. The van der Waals surface area contributed by atoms with Gasteiger partial charge in [0, 0.05) is 9.79 Å². The maximum Gasteiger partial charge on any atom is 0.166 e. The molecule has 0 saturated heterocycles. The third-order valence-electron chi connectivity index (χ3n) is 3.87. The van der Waals surface area contributed by atoms with Crippen LogP contribution in [-0.2, 0) is 10.9 Å². The summed E-state index contributed by atoms with van der Waals surface area (Å²) in [6.45, 7) is 4.20. The fourth-order valence-electron chi connectivity index (χ4n) is 2.68. The standard InChI is InChI=1S/C24H23S2/c1-3-11-22(4-2)26(23-14-9-6-10-15-23)24-18-16-21(17-19-24)25-20-12-7-5-8-13-20/h3-19H,1-2H3/q+1/b11-3-,22-4+. The van der Waals surface area contributed by atoms with Crippen molar-refractivity contribution in [1.82, 2.24) is 0 Å². The quantitative estimate of drug-likeness (QED) is 0.320. The molecule has 1 unspecified atom stereocenters. The summed E-state index contributed by atoms with van der Waals surface area (Å²) < 4.78 is 0. The first kappa shape index (κ1) is 18.6. The molecule has 0 nitrogen and oxygen atoms in total. The SMILES string of the molecule is C/C=C\C(=C/C)[S+](c1ccccc1)c1ccc(Sc2ccccc2)cc1. The molecular weight excluding hydrogens is 352 g/mol. The van der Waals surface area contributed by atoms with E-state index in [1.54, 1.807) is 11.8 Å². The van der Waals surface area contributed by atoms with E-state index < -0.39 is 0 Å². The Bertz CT molecular complexity index is 863. The summed E-state index contributed by atoms with van der Waals surface area (Å²) in [6.07, 6.45) is 6.57. The Morgan fingerprint density at radius 3 is 1.81 bits per heavy atom. The molecule has 0 aromatic heterocycles. The van der Waals surface area contributed by atoms with Crippen LogP contribution in [0.4, 0.5) is 0 Å². The summed E-state index contributed by atoms with van der Waals surface area (Å²) in [6, 6.07) is 30.3. The molecule has 0 saturated carbocycles. The van der Waals surface area contributed by atoms with E-state index in [0.29, 0.717) is 0 Å². The lowest BCUT2D eigenvalue weighted by Crippen LogP contribution is -2.05. The molecule has 0 aliphatic rings. The number of hydrogen-bond donors (Lipinski definition) is 0. The van der Waals surface area contributed by atoms with E-state index in [2.05, 4.69) is 117 Å². The van der Waals surface area contributed by atoms with Crippen molar-refractivity contribution < 1.29 is 0 Å². The summed E-state index contributed by atoms with van der Waals surface area (Å²) in [5, 5.41) is 0. The Labute approximate surface area is 164 Å². The highest BCUT2D eigenvalue weighted by Gasteiger charge is 2.28. The van der Waals surface area contributed by atoms with Crippen molar-refractivity contribution in [3.8, 4) is 0 Å². The maximum absolute atomic E-state index is 2.27. The monoisotopic (exact) mass is 375 g/mol. The smallest absolute Gasteiger partial charge is 0.0901 e. The number of allylic oxidation sites excluding steroid dienone is 3. The van der Waals surface area contributed by atoms with Gasteiger partial charge in [0.05, 0.1) is 10.9 Å². The predicted molar refractivity (Wildman–Crippen MR) is 116 cm³/mol. The zero-order valence-corrected chi connectivity index (χ0v) is 16.8. The molecule has 0 bridgehead atoms. The molecule has 0 aliphatic carbocycles. The van der Waals surface area contributed by atoms with Crippen molar-refractivity contribution in [2.45, 2.75) is 33.4 Å². The van der Waals surface area contributed by atoms with Crippen LogP contribution < -0.4 is 0 Å². The lowest BCUT2D eigenvalue weighted by Gasteiger charge is -2.09. The van der Waals surface area contributed by atoms with Crippen molar-refractivity contribution in [2.75, 3.05) is 0 Å². The van der Waals surface area contributed by atoms with Crippen LogP contribution in [0.3, 0.4) is 0 Å². The molecule has 1 atom stereocenters. The van der Waals surface area contributed by atoms with Gasteiger partial charge in [0.15, 0.2) is 14.7 Å². The van der Waals surface area contributed by atoms with E-state index in [1.807, 2.05) is 0 Å². The maximum atomic E-state index is 2.27. The van der Waals surface area contributed by atoms with Gasteiger partial charge in [0.2, 0.25) is 0 Å². The molecule has 3 rings (SSSR count). The van der Waals surface area contributed by atoms with Gasteiger partial charge in [-0.2, -0.15) is 0 Å². The highest BCUT2D eigenvalue weighted by Crippen LogP contribution is 2.33. The Morgan fingerprint density at radius 2 is 1.23 bits per heavy atom. The summed E-state index contributed by atoms with van der Waals surface area (Å²) in [4.78, 5) is 6.58. The first-order chi connectivity index (χ1) is 12.8. The van der Waals surface area contributed by atoms with E-state index in [9.17, 15) is 0 Å². The normalized spacial score (nSPS) is 13.1. The Balaban J connectivity index is 1.92. The van der Waals surface area contributed by atoms with Crippen LogP contribution in [0.5, 0.6) is 0 Å². The summed E-state index contributed by atoms with van der Waals surface area (Å²) in [7, 11) is -0.0786. The van der Waals surface area contributed by atoms with Gasteiger partial charge in [-0.1, -0.05) is 54.2 Å². The molecule has 26 heavy (non-hydrogen) atoms. The van der Waals surface area contributed by atoms with Gasteiger partial charge in [-0.15, -0.1) is 0 Å². The van der Waals surface area contributed by atoms with Crippen LogP contribution in [-0.4, -0.2) is 0 Å². The second-order valence-electron chi connectivity index (χ2n) is 5.70. The van der Waals surface area contributed by atoms with Gasteiger partial charge in [-0.25, -0.2) is 0 Å². The lowest BCUT2D eigenvalue weighted by atomic mass is 10.4. The molecule has 0 amide bonds. The third-order valence-corrected chi connectivity index (χ3v) is 7.21. The van der Waals surface area contributed by atoms with E-state index in [1.165, 1.54) is 24.5 Å². The largest absolute Gasteiger partial charge is 0.166 e. The van der Waals surface area contributed by atoms with Crippen molar-refractivity contribution in [2.24, 2.45) is 0 Å². The van der Waals surface area contributed by atoms with Crippen LogP contribution in [0.25, 0.3) is 0 Å². The number of benzene rings is 3. The molecule has 0 radical (unpaired) electrons. The molecule has 130 valence electrons. The fourth-order valence-corrected chi connectivity index (χ4v) is 5.68. The second kappa shape index (κ2) is 9.51. The summed E-state index contributed by atoms with van der Waals surface area (Å²) >= 11 is 1.80. The van der Waals surface area contributed by atoms with Crippen LogP contribution in [0.1, 0.15) is 13.8 Å². The van der Waals surface area contributed by atoms with E-state index in [-0.39, 0.29) is 10.9 Å². The van der Waals surface area contributed by atoms with Crippen molar-refractivity contribution in [1.29, 1.82) is 0 Å². The molecule has 0 spiro atoms. The highest BCUT2D eigenvalue weighted by molar-refractivity contribution is 8.01. The van der Waals surface area contributed by atoms with Crippen LogP contribution in [0, 0.1) is 0 Å². The van der Waals surface area contributed by atoms with Crippen molar-refractivity contribution in [3.05, 3.63) is 108 Å². The van der Waals surface area contributed by atoms with E-state index in [4.69, 9.17) is 0 Å². The second-order valence-corrected chi connectivity index (χ2v) is 8.87. The molecule has 0 heterocycles. The minimum absolute atomic E-state index is 0.0786. The third kappa shape index (κ3) is 4.72. The first-order valence-electron chi connectivity index (χ1n) is 8.73. The average molecular weight is 376 g/mol. The minimum Gasteiger partial charge on any atom is -0.0901 e. The van der Waals surface area contributed by atoms with Gasteiger partial charge in [-0.05, 0) is 74.5 Å². The first-order valence-corrected chi connectivity index (χ1v) is 10.8. The molecule has 3 aromatic carbocycles. The van der Waals surface area contributed by atoms with Gasteiger partial charge in [0.25, 0.3) is 0 Å². The summed E-state index contributed by atoms with van der Waals surface area (Å²) in [5.74, 6) is 0. The predicted octanol–water partition coefficient (Wildman–Crippen LogP) is 7.35. The number of hydrogen-bond acceptors (Lipinski definition) is 1. The lowest BCUT2D eigenvalue weighted by molar-refractivity contribution is 1.31. The van der Waals surface area contributed by atoms with Gasteiger partial charge >= 0.3 is 0 Å². The van der Waals surface area contributed by atoms with Gasteiger partial charge < -0.3 is 0 Å². The zero-order valence-electron chi connectivity index (χ0n) is 15.1. The van der Waals surface area contributed by atoms with Crippen LogP contribution in [0.15, 0.2) is 128 Å². The van der Waals surface area contributed by atoms with Gasteiger partial charge in [0.1, 0.15) is 0 Å². The van der Waals surface area contributed by atoms with E-state index >= 15 is 0 Å². The highest BCUT2D eigenvalue weighted by atomic mass is 32.2. The van der Waals surface area contributed by atoms with Crippen molar-refractivity contribution in [3.63, 3.8) is 0 Å². The van der Waals surface area contributed by atoms with Crippen LogP contribution >= 0.6 is 11.8 Å². The zero-order chi connectivity index (χ0) is 18.2. The molecule has 0 fully saturated rings. The molecule has 0 aliphatic heterocycles. The van der Waals surface area contributed by atoms with Crippen molar-refractivity contribution >= 4 is 22.7 Å². The topological polar surface area (TPSA) is 0 Å². The number of rotatable bonds is 6.